The summed E-state index contributed by atoms with van der Waals surface area (Å²) in [6.45, 7) is 6.54. The number of methoxy groups -OCH3 is 1. The zero-order chi connectivity index (χ0) is 20.8. The van der Waals surface area contributed by atoms with E-state index < -0.39 is 0 Å². The van der Waals surface area contributed by atoms with Crippen LogP contribution in [0, 0.1) is 0 Å². The van der Waals surface area contributed by atoms with Crippen LogP contribution in [0.5, 0.6) is 5.75 Å². The van der Waals surface area contributed by atoms with E-state index in [0.717, 1.165) is 23.3 Å². The Morgan fingerprint density at radius 3 is 2.32 bits per heavy atom. The van der Waals surface area contributed by atoms with Gasteiger partial charge in [0.25, 0.3) is 0 Å². The zero-order valence-electron chi connectivity index (χ0n) is 17.6. The number of ether oxygens (including phenoxy) is 2. The van der Waals surface area contributed by atoms with Gasteiger partial charge in [-0.25, -0.2) is 0 Å². The lowest BCUT2D eigenvalue weighted by atomic mass is 10.0. The molecular formula is C23H32N2O3. The summed E-state index contributed by atoms with van der Waals surface area (Å²) < 4.78 is 10.6. The first-order valence-electron chi connectivity index (χ1n) is 9.72. The highest BCUT2D eigenvalue weighted by Gasteiger charge is 2.20. The van der Waals surface area contributed by atoms with Crippen LogP contribution >= 0.6 is 0 Å². The van der Waals surface area contributed by atoms with Crippen molar-refractivity contribution in [3.8, 4) is 5.75 Å². The summed E-state index contributed by atoms with van der Waals surface area (Å²) >= 11 is 0. The van der Waals surface area contributed by atoms with Crippen molar-refractivity contribution in [1.82, 2.24) is 5.01 Å². The molecule has 0 saturated heterocycles. The molecule has 0 aliphatic heterocycles. The van der Waals surface area contributed by atoms with Crippen molar-refractivity contribution in [3.05, 3.63) is 65.7 Å². The molecule has 1 unspecified atom stereocenters. The van der Waals surface area contributed by atoms with Crippen LogP contribution in [0.1, 0.15) is 50.8 Å². The molecule has 0 spiro atoms. The van der Waals surface area contributed by atoms with Crippen molar-refractivity contribution < 1.29 is 14.3 Å². The molecule has 5 heteroatoms. The molecule has 0 saturated carbocycles. The summed E-state index contributed by atoms with van der Waals surface area (Å²) in [6.07, 6.45) is 2.89. The van der Waals surface area contributed by atoms with Crippen molar-refractivity contribution >= 4 is 12.2 Å². The van der Waals surface area contributed by atoms with Crippen LogP contribution in [-0.2, 0) is 16.1 Å². The molecule has 0 aromatic heterocycles. The second kappa shape index (κ2) is 13.4. The number of hydrogen-bond donors (Lipinski definition) is 0. The number of rotatable bonds is 9. The van der Waals surface area contributed by atoms with Crippen molar-refractivity contribution in [1.29, 1.82) is 0 Å². The summed E-state index contributed by atoms with van der Waals surface area (Å²) in [5, 5.41) is 6.17. The van der Waals surface area contributed by atoms with E-state index >= 15 is 0 Å². The summed E-state index contributed by atoms with van der Waals surface area (Å²) in [7, 11) is 3.26. The van der Waals surface area contributed by atoms with Gasteiger partial charge in [0.2, 0.25) is 0 Å². The fourth-order valence-corrected chi connectivity index (χ4v) is 2.52. The largest absolute Gasteiger partial charge is 0.489 e. The van der Waals surface area contributed by atoms with Gasteiger partial charge in [-0.1, -0.05) is 63.2 Å². The predicted octanol–water partition coefficient (Wildman–Crippen LogP) is 5.22. The van der Waals surface area contributed by atoms with Crippen LogP contribution in [0.3, 0.4) is 0 Å². The Labute approximate surface area is 169 Å². The molecule has 0 heterocycles. The van der Waals surface area contributed by atoms with Crippen molar-refractivity contribution in [2.24, 2.45) is 5.10 Å². The first kappa shape index (κ1) is 23.2. The summed E-state index contributed by atoms with van der Waals surface area (Å²) in [5.41, 5.74) is 2.10. The van der Waals surface area contributed by atoms with Gasteiger partial charge in [0, 0.05) is 13.3 Å². The third kappa shape index (κ3) is 7.82. The van der Waals surface area contributed by atoms with Crippen LogP contribution in [0.15, 0.2) is 59.7 Å². The van der Waals surface area contributed by atoms with Crippen LogP contribution in [0.2, 0.25) is 0 Å². The first-order valence-corrected chi connectivity index (χ1v) is 9.72. The van der Waals surface area contributed by atoms with Gasteiger partial charge >= 0.3 is 5.97 Å². The van der Waals surface area contributed by atoms with Gasteiger partial charge < -0.3 is 9.47 Å². The lowest BCUT2D eigenvalue weighted by molar-refractivity contribution is -0.142. The van der Waals surface area contributed by atoms with E-state index in [1.807, 2.05) is 88.6 Å². The molecule has 28 heavy (non-hydrogen) atoms. The fraction of sp³-hybridized carbons (Fsp3) is 0.391. The predicted molar refractivity (Wildman–Crippen MR) is 114 cm³/mol. The quantitative estimate of drug-likeness (QED) is 0.338. The average Bonchev–Trinajstić information content (AvgIpc) is 2.76. The Balaban J connectivity index is 0.00000190. The van der Waals surface area contributed by atoms with Gasteiger partial charge in [0.15, 0.2) is 0 Å². The highest BCUT2D eigenvalue weighted by Crippen LogP contribution is 2.26. The minimum atomic E-state index is -0.266. The molecule has 0 N–H and O–H groups in total. The number of benzene rings is 2. The maximum absolute atomic E-state index is 11.8. The summed E-state index contributed by atoms with van der Waals surface area (Å²) in [4.78, 5) is 11.8. The fourth-order valence-electron chi connectivity index (χ4n) is 2.52. The molecule has 0 amide bonds. The van der Waals surface area contributed by atoms with E-state index in [4.69, 9.17) is 9.47 Å². The van der Waals surface area contributed by atoms with Crippen LogP contribution in [0.25, 0.3) is 0 Å². The van der Waals surface area contributed by atoms with E-state index in [1.54, 1.807) is 5.01 Å². The number of hydrazone groups is 1. The normalized spacial score (nSPS) is 11.3. The molecule has 0 radical (unpaired) electrons. The summed E-state index contributed by atoms with van der Waals surface area (Å²) in [6, 6.07) is 17.6. The molecule has 0 bridgehead atoms. The van der Waals surface area contributed by atoms with E-state index in [9.17, 15) is 4.79 Å². The molecular weight excluding hydrogens is 352 g/mol. The summed E-state index contributed by atoms with van der Waals surface area (Å²) in [5.74, 6) is 0.520. The second-order valence-electron chi connectivity index (χ2n) is 5.92. The monoisotopic (exact) mass is 384 g/mol. The number of esters is 1. The third-order valence-electron chi connectivity index (χ3n) is 4.00. The van der Waals surface area contributed by atoms with Crippen LogP contribution < -0.4 is 4.74 Å². The maximum Gasteiger partial charge on any atom is 0.308 e. The first-order chi connectivity index (χ1) is 13.6. The van der Waals surface area contributed by atoms with Crippen molar-refractivity contribution in [3.63, 3.8) is 0 Å². The molecule has 0 aliphatic rings. The van der Waals surface area contributed by atoms with Crippen LogP contribution in [-0.4, -0.2) is 31.4 Å². The highest BCUT2D eigenvalue weighted by molar-refractivity contribution is 5.70. The van der Waals surface area contributed by atoms with E-state index in [2.05, 4.69) is 5.10 Å². The number of carbonyl (C=O) groups is 1. The Morgan fingerprint density at radius 2 is 1.75 bits per heavy atom. The molecule has 2 rings (SSSR count). The van der Waals surface area contributed by atoms with Crippen LogP contribution in [0.4, 0.5) is 0 Å². The van der Waals surface area contributed by atoms with Gasteiger partial charge in [0.05, 0.1) is 19.6 Å². The standard InChI is InChI=1S/C21H26N2O3.C2H6/c1-4-14-22-23(2)20(15-21(24)25-3)18-10-12-19(13-11-18)26-16-17-8-6-5-7-9-17;1-2/h5-14,20H,4,15-16H2,1-3H3;1-2H3/b22-14-;. The van der Waals surface area contributed by atoms with Crippen molar-refractivity contribution in [2.75, 3.05) is 14.2 Å². The van der Waals surface area contributed by atoms with Gasteiger partial charge in [0.1, 0.15) is 12.4 Å². The highest BCUT2D eigenvalue weighted by atomic mass is 16.5. The third-order valence-corrected chi connectivity index (χ3v) is 4.00. The minimum absolute atomic E-state index is 0.187. The molecule has 2 aromatic rings. The van der Waals surface area contributed by atoms with Crippen molar-refractivity contribution in [2.45, 2.75) is 46.3 Å². The second-order valence-corrected chi connectivity index (χ2v) is 5.92. The Kier molecular flexibility index (Phi) is 11.1. The van der Waals surface area contributed by atoms with Gasteiger partial charge in [-0.15, -0.1) is 0 Å². The molecule has 0 fully saturated rings. The smallest absolute Gasteiger partial charge is 0.308 e. The zero-order valence-corrected chi connectivity index (χ0v) is 17.6. The minimum Gasteiger partial charge on any atom is -0.489 e. The Bertz CT molecular complexity index is 700. The maximum atomic E-state index is 11.8. The molecule has 0 aliphatic carbocycles. The van der Waals surface area contributed by atoms with E-state index in [1.165, 1.54) is 7.11 Å². The Hall–Kier alpha value is -2.82. The lowest BCUT2D eigenvalue weighted by Gasteiger charge is -2.25. The van der Waals surface area contributed by atoms with Gasteiger partial charge in [-0.3, -0.25) is 9.80 Å². The molecule has 5 nitrogen and oxygen atoms in total. The molecule has 152 valence electrons. The van der Waals surface area contributed by atoms with Gasteiger partial charge in [-0.05, 0) is 29.7 Å². The molecule has 1 atom stereocenters. The average molecular weight is 385 g/mol. The van der Waals surface area contributed by atoms with Gasteiger partial charge in [-0.2, -0.15) is 5.10 Å². The number of nitrogens with zero attached hydrogens (tertiary/aromatic N) is 2. The number of hydrogen-bond acceptors (Lipinski definition) is 5. The molecule has 2 aromatic carbocycles. The van der Waals surface area contributed by atoms with E-state index in [-0.39, 0.29) is 18.4 Å². The topological polar surface area (TPSA) is 51.1 Å². The van der Waals surface area contributed by atoms with E-state index in [0.29, 0.717) is 6.61 Å². The number of carbonyl (C=O) groups excluding carboxylic acids is 1. The lowest BCUT2D eigenvalue weighted by Crippen LogP contribution is -2.23. The SMILES string of the molecule is CC.CC/C=N\N(C)C(CC(=O)OC)c1ccc(OCc2ccccc2)cc1. The Morgan fingerprint density at radius 1 is 1.11 bits per heavy atom.